The lowest BCUT2D eigenvalue weighted by atomic mass is 9.63. The molecule has 1 saturated carbocycles. The molecule has 1 N–H and O–H groups in total. The standard InChI is InChI=1S/C17H16N2O3/c20-13-7-1-10(2-8-13)9-18-19-16(21)14-11-3-4-12(6-5-11)15(14)17(19)22/h1-4,7-9,11-12,14-15,20H,5-6H2/b18-9+. The minimum Gasteiger partial charge on any atom is -0.508 e. The van der Waals surface area contributed by atoms with Gasteiger partial charge in [0.15, 0.2) is 0 Å². The van der Waals surface area contributed by atoms with Crippen LogP contribution in [0, 0.1) is 23.7 Å². The number of phenols is 1. The number of imide groups is 1. The molecule has 112 valence electrons. The Balaban J connectivity index is 1.60. The molecule has 2 amide bonds. The zero-order valence-corrected chi connectivity index (χ0v) is 11.9. The van der Waals surface area contributed by atoms with Crippen LogP contribution < -0.4 is 0 Å². The highest BCUT2D eigenvalue weighted by atomic mass is 16.3. The Morgan fingerprint density at radius 3 is 2.05 bits per heavy atom. The molecule has 5 nitrogen and oxygen atoms in total. The molecule has 1 heterocycles. The molecule has 5 heteroatoms. The molecule has 2 bridgehead atoms. The topological polar surface area (TPSA) is 70.0 Å². The van der Waals surface area contributed by atoms with Crippen LogP contribution in [0.4, 0.5) is 0 Å². The van der Waals surface area contributed by atoms with Gasteiger partial charge in [0.2, 0.25) is 0 Å². The molecule has 22 heavy (non-hydrogen) atoms. The van der Waals surface area contributed by atoms with Crippen LogP contribution in [-0.2, 0) is 9.59 Å². The zero-order valence-electron chi connectivity index (χ0n) is 11.9. The van der Waals surface area contributed by atoms with Crippen LogP contribution in [0.1, 0.15) is 18.4 Å². The van der Waals surface area contributed by atoms with E-state index in [1.807, 2.05) is 0 Å². The molecule has 1 aliphatic heterocycles. The van der Waals surface area contributed by atoms with Gasteiger partial charge < -0.3 is 5.11 Å². The van der Waals surface area contributed by atoms with Crippen LogP contribution in [-0.4, -0.2) is 28.1 Å². The van der Waals surface area contributed by atoms with Crippen LogP contribution in [0.2, 0.25) is 0 Å². The van der Waals surface area contributed by atoms with Gasteiger partial charge in [0, 0.05) is 0 Å². The zero-order chi connectivity index (χ0) is 15.3. The fourth-order valence-electron chi connectivity index (χ4n) is 3.86. The van der Waals surface area contributed by atoms with E-state index in [-0.39, 0.29) is 41.2 Å². The van der Waals surface area contributed by atoms with Crippen molar-refractivity contribution in [2.75, 3.05) is 0 Å². The first kappa shape index (κ1) is 13.2. The van der Waals surface area contributed by atoms with Crippen molar-refractivity contribution in [1.82, 2.24) is 5.01 Å². The van der Waals surface area contributed by atoms with Gasteiger partial charge in [0.05, 0.1) is 18.1 Å². The lowest BCUT2D eigenvalue weighted by Gasteiger charge is -2.37. The quantitative estimate of drug-likeness (QED) is 0.515. The molecule has 4 atom stereocenters. The van der Waals surface area contributed by atoms with Crippen molar-refractivity contribution in [2.45, 2.75) is 12.8 Å². The number of hydrogen-bond donors (Lipinski definition) is 1. The molecule has 4 aliphatic rings. The molecule has 1 saturated heterocycles. The third kappa shape index (κ3) is 1.89. The van der Waals surface area contributed by atoms with E-state index in [1.165, 1.54) is 6.21 Å². The van der Waals surface area contributed by atoms with E-state index < -0.39 is 0 Å². The number of amides is 2. The number of carbonyl (C=O) groups is 2. The summed E-state index contributed by atoms with van der Waals surface area (Å²) >= 11 is 0. The number of hydrogen-bond acceptors (Lipinski definition) is 4. The molecule has 1 aromatic carbocycles. The second-order valence-corrected chi connectivity index (χ2v) is 6.17. The predicted molar refractivity (Wildman–Crippen MR) is 79.9 cm³/mol. The molecule has 3 aliphatic carbocycles. The highest BCUT2D eigenvalue weighted by molar-refractivity contribution is 6.06. The summed E-state index contributed by atoms with van der Waals surface area (Å²) in [6, 6.07) is 6.45. The maximum atomic E-state index is 12.5. The van der Waals surface area contributed by atoms with Crippen LogP contribution >= 0.6 is 0 Å². The maximum absolute atomic E-state index is 12.5. The van der Waals surface area contributed by atoms with Crippen molar-refractivity contribution in [2.24, 2.45) is 28.8 Å². The highest BCUT2D eigenvalue weighted by Crippen LogP contribution is 2.49. The molecule has 1 aromatic rings. The summed E-state index contributed by atoms with van der Waals surface area (Å²) in [5, 5.41) is 14.4. The van der Waals surface area contributed by atoms with E-state index >= 15 is 0 Å². The van der Waals surface area contributed by atoms with Gasteiger partial charge >= 0.3 is 0 Å². The van der Waals surface area contributed by atoms with E-state index in [4.69, 9.17) is 0 Å². The molecule has 0 radical (unpaired) electrons. The third-order valence-corrected chi connectivity index (χ3v) is 4.95. The van der Waals surface area contributed by atoms with Crippen molar-refractivity contribution in [3.63, 3.8) is 0 Å². The summed E-state index contributed by atoms with van der Waals surface area (Å²) in [7, 11) is 0. The minimum absolute atomic E-state index is 0.166. The number of allylic oxidation sites excluding steroid dienone is 2. The maximum Gasteiger partial charge on any atom is 0.254 e. The molecule has 0 spiro atoms. The minimum atomic E-state index is -0.229. The first-order valence-corrected chi connectivity index (χ1v) is 7.54. The van der Waals surface area contributed by atoms with Crippen LogP contribution in [0.15, 0.2) is 41.5 Å². The lowest BCUT2D eigenvalue weighted by Crippen LogP contribution is -2.38. The first-order valence-electron chi connectivity index (χ1n) is 7.54. The summed E-state index contributed by atoms with van der Waals surface area (Å²) in [4.78, 5) is 25.1. The SMILES string of the molecule is O=C1C2C3C=CC(CC3)C2C(=O)N1/N=C/c1ccc(O)cc1. The number of nitrogens with zero attached hydrogens (tertiary/aromatic N) is 2. The number of carbonyl (C=O) groups excluding carboxylic acids is 2. The summed E-state index contributed by atoms with van der Waals surface area (Å²) in [6.45, 7) is 0. The van der Waals surface area contributed by atoms with Crippen molar-refractivity contribution >= 4 is 18.0 Å². The average Bonchev–Trinajstić information content (AvgIpc) is 2.82. The molecule has 0 aromatic heterocycles. The highest BCUT2D eigenvalue weighted by Gasteiger charge is 2.56. The van der Waals surface area contributed by atoms with Gasteiger partial charge in [0.1, 0.15) is 5.75 Å². The first-order chi connectivity index (χ1) is 10.6. The van der Waals surface area contributed by atoms with Gasteiger partial charge in [-0.1, -0.05) is 12.2 Å². The molecule has 2 fully saturated rings. The third-order valence-electron chi connectivity index (χ3n) is 4.95. The van der Waals surface area contributed by atoms with Gasteiger partial charge in [0.25, 0.3) is 11.8 Å². The Morgan fingerprint density at radius 1 is 1.00 bits per heavy atom. The van der Waals surface area contributed by atoms with Crippen LogP contribution in [0.3, 0.4) is 0 Å². The van der Waals surface area contributed by atoms with E-state index in [9.17, 15) is 14.7 Å². The van der Waals surface area contributed by atoms with E-state index in [0.29, 0.717) is 0 Å². The molecular weight excluding hydrogens is 280 g/mol. The van der Waals surface area contributed by atoms with E-state index in [2.05, 4.69) is 17.3 Å². The lowest BCUT2D eigenvalue weighted by molar-refractivity contribution is -0.140. The van der Waals surface area contributed by atoms with E-state index in [1.54, 1.807) is 24.3 Å². The number of hydrazone groups is 1. The second kappa shape index (κ2) is 4.80. The van der Waals surface area contributed by atoms with Gasteiger partial charge in [-0.3, -0.25) is 9.59 Å². The Kier molecular flexibility index (Phi) is 2.89. The number of rotatable bonds is 2. The molecular formula is C17H16N2O3. The van der Waals surface area contributed by atoms with Crippen LogP contribution in [0.5, 0.6) is 5.75 Å². The largest absolute Gasteiger partial charge is 0.508 e. The number of phenolic OH excluding ortho intramolecular Hbond substituents is 1. The van der Waals surface area contributed by atoms with Crippen molar-refractivity contribution in [3.05, 3.63) is 42.0 Å². The number of fused-ring (bicyclic) bond motifs is 1. The Bertz CT molecular complexity index is 660. The fourth-order valence-corrected chi connectivity index (χ4v) is 3.86. The Morgan fingerprint density at radius 2 is 1.55 bits per heavy atom. The summed E-state index contributed by atoms with van der Waals surface area (Å²) in [5.74, 6) is -0.283. The van der Waals surface area contributed by atoms with Gasteiger partial charge in [-0.15, -0.1) is 0 Å². The summed E-state index contributed by atoms with van der Waals surface area (Å²) in [6.07, 6.45) is 7.64. The second-order valence-electron chi connectivity index (χ2n) is 6.17. The summed E-state index contributed by atoms with van der Waals surface area (Å²) < 4.78 is 0. The number of aromatic hydroxyl groups is 1. The number of benzene rings is 1. The van der Waals surface area contributed by atoms with Gasteiger partial charge in [-0.05, 0) is 54.5 Å². The molecule has 5 rings (SSSR count). The van der Waals surface area contributed by atoms with Crippen molar-refractivity contribution in [3.8, 4) is 5.75 Å². The molecule has 4 unspecified atom stereocenters. The van der Waals surface area contributed by atoms with Crippen molar-refractivity contribution in [1.29, 1.82) is 0 Å². The average molecular weight is 296 g/mol. The van der Waals surface area contributed by atoms with Crippen molar-refractivity contribution < 1.29 is 14.7 Å². The summed E-state index contributed by atoms with van der Waals surface area (Å²) in [5.41, 5.74) is 0.731. The fraction of sp³-hybridized carbons (Fsp3) is 0.353. The van der Waals surface area contributed by atoms with Gasteiger partial charge in [-0.2, -0.15) is 10.1 Å². The van der Waals surface area contributed by atoms with Crippen LogP contribution in [0.25, 0.3) is 0 Å². The Hall–Kier alpha value is -2.43. The Labute approximate surface area is 127 Å². The monoisotopic (exact) mass is 296 g/mol. The van der Waals surface area contributed by atoms with Gasteiger partial charge in [-0.25, -0.2) is 0 Å². The normalized spacial score (nSPS) is 33.0. The predicted octanol–water partition coefficient (Wildman–Crippen LogP) is 1.92. The van der Waals surface area contributed by atoms with E-state index in [0.717, 1.165) is 23.4 Å². The smallest absolute Gasteiger partial charge is 0.254 e.